The molecule has 1 fully saturated rings. The summed E-state index contributed by atoms with van der Waals surface area (Å²) in [5.74, 6) is -0.560. The summed E-state index contributed by atoms with van der Waals surface area (Å²) in [5.41, 5.74) is -0.324. The second-order valence-electron chi connectivity index (χ2n) is 5.23. The van der Waals surface area contributed by atoms with E-state index < -0.39 is 5.97 Å². The van der Waals surface area contributed by atoms with Crippen LogP contribution in [0, 0.1) is 5.92 Å². The number of likely N-dealkylation sites (tertiary alicyclic amines) is 1. The standard InChI is InChI=1S/C13H19N3O3S/c1-9-7-15(2)5-3-10(9)16-6-4-11(17)14-13(16)20-8-12(18)19/h4,6,9-10H,3,5,7-8H2,1-2H3,(H,18,19). The van der Waals surface area contributed by atoms with Gasteiger partial charge in [0.05, 0.1) is 5.75 Å². The number of carboxylic acid groups (broad SMARTS) is 1. The third kappa shape index (κ3) is 3.61. The molecule has 0 spiro atoms. The summed E-state index contributed by atoms with van der Waals surface area (Å²) >= 11 is 1.10. The first-order chi connectivity index (χ1) is 9.47. The summed E-state index contributed by atoms with van der Waals surface area (Å²) in [5, 5.41) is 9.29. The quantitative estimate of drug-likeness (QED) is 0.658. The molecule has 0 bridgehead atoms. The summed E-state index contributed by atoms with van der Waals surface area (Å²) in [4.78, 5) is 28.4. The first-order valence-electron chi connectivity index (χ1n) is 6.59. The number of aromatic nitrogens is 2. The molecule has 2 heterocycles. The van der Waals surface area contributed by atoms with Crippen LogP contribution in [0.2, 0.25) is 0 Å². The molecule has 0 saturated carbocycles. The minimum absolute atomic E-state index is 0.0859. The lowest BCUT2D eigenvalue weighted by molar-refractivity contribution is -0.133. The second kappa shape index (κ2) is 6.41. The van der Waals surface area contributed by atoms with Crippen molar-refractivity contribution in [1.82, 2.24) is 14.5 Å². The fourth-order valence-corrected chi connectivity index (χ4v) is 3.39. The highest BCUT2D eigenvalue weighted by Gasteiger charge is 2.27. The lowest BCUT2D eigenvalue weighted by Gasteiger charge is -2.36. The van der Waals surface area contributed by atoms with Crippen LogP contribution in [0.5, 0.6) is 0 Å². The molecule has 6 nitrogen and oxygen atoms in total. The predicted molar refractivity (Wildman–Crippen MR) is 77.2 cm³/mol. The molecule has 1 N–H and O–H groups in total. The minimum atomic E-state index is -0.906. The summed E-state index contributed by atoms with van der Waals surface area (Å²) in [7, 11) is 2.09. The first-order valence-corrected chi connectivity index (χ1v) is 7.58. The molecule has 0 aromatic carbocycles. The highest BCUT2D eigenvalue weighted by molar-refractivity contribution is 7.99. The van der Waals surface area contributed by atoms with E-state index in [1.54, 1.807) is 6.20 Å². The van der Waals surface area contributed by atoms with Gasteiger partial charge in [0.15, 0.2) is 5.16 Å². The van der Waals surface area contributed by atoms with Gasteiger partial charge in [-0.15, -0.1) is 0 Å². The van der Waals surface area contributed by atoms with Crippen molar-refractivity contribution in [3.8, 4) is 0 Å². The zero-order chi connectivity index (χ0) is 14.7. The molecule has 7 heteroatoms. The van der Waals surface area contributed by atoms with E-state index in [1.165, 1.54) is 6.07 Å². The lowest BCUT2D eigenvalue weighted by atomic mass is 9.94. The fraction of sp³-hybridized carbons (Fsp3) is 0.615. The Morgan fingerprint density at radius 3 is 3.00 bits per heavy atom. The molecule has 1 saturated heterocycles. The number of hydrogen-bond donors (Lipinski definition) is 1. The van der Waals surface area contributed by atoms with Gasteiger partial charge in [-0.05, 0) is 25.9 Å². The van der Waals surface area contributed by atoms with Crippen LogP contribution >= 0.6 is 11.8 Å². The van der Waals surface area contributed by atoms with Gasteiger partial charge in [0, 0.05) is 24.8 Å². The summed E-state index contributed by atoms with van der Waals surface area (Å²) in [6.45, 7) is 4.15. The van der Waals surface area contributed by atoms with E-state index >= 15 is 0 Å². The third-order valence-corrected chi connectivity index (χ3v) is 4.50. The van der Waals surface area contributed by atoms with Gasteiger partial charge in [-0.3, -0.25) is 9.59 Å². The molecule has 1 aromatic rings. The Balaban J connectivity index is 2.25. The van der Waals surface area contributed by atoms with Gasteiger partial charge >= 0.3 is 5.97 Å². The molecule has 2 unspecified atom stereocenters. The molecule has 1 aliphatic rings. The number of nitrogens with zero attached hydrogens (tertiary/aromatic N) is 3. The fourth-order valence-electron chi connectivity index (χ4n) is 2.64. The van der Waals surface area contributed by atoms with Crippen molar-refractivity contribution < 1.29 is 9.90 Å². The van der Waals surface area contributed by atoms with Crippen LogP contribution in [0.3, 0.4) is 0 Å². The van der Waals surface area contributed by atoms with Gasteiger partial charge in [-0.25, -0.2) is 0 Å². The van der Waals surface area contributed by atoms with E-state index in [9.17, 15) is 9.59 Å². The maximum absolute atomic E-state index is 11.4. The molecule has 20 heavy (non-hydrogen) atoms. The normalized spacial score (nSPS) is 23.7. The SMILES string of the molecule is CC1CN(C)CCC1n1ccc(=O)nc1SCC(=O)O. The Bertz CT molecular complexity index is 546. The van der Waals surface area contributed by atoms with Gasteiger partial charge in [0.2, 0.25) is 0 Å². The van der Waals surface area contributed by atoms with Gasteiger partial charge < -0.3 is 14.6 Å². The number of carboxylic acids is 1. The molecule has 110 valence electrons. The maximum atomic E-state index is 11.4. The van der Waals surface area contributed by atoms with Crippen molar-refractivity contribution in [2.45, 2.75) is 24.5 Å². The zero-order valence-corrected chi connectivity index (χ0v) is 12.5. The number of hydrogen-bond acceptors (Lipinski definition) is 5. The van der Waals surface area contributed by atoms with Gasteiger partial charge in [0.1, 0.15) is 0 Å². The van der Waals surface area contributed by atoms with Crippen LogP contribution in [0.15, 0.2) is 22.2 Å². The van der Waals surface area contributed by atoms with Crippen LogP contribution in [0.25, 0.3) is 0 Å². The Morgan fingerprint density at radius 1 is 1.60 bits per heavy atom. The highest BCUT2D eigenvalue weighted by Crippen LogP contribution is 2.30. The van der Waals surface area contributed by atoms with E-state index in [-0.39, 0.29) is 17.4 Å². The van der Waals surface area contributed by atoms with Crippen molar-refractivity contribution in [1.29, 1.82) is 0 Å². The highest BCUT2D eigenvalue weighted by atomic mass is 32.2. The largest absolute Gasteiger partial charge is 0.481 e. The molecule has 0 aliphatic carbocycles. The average molecular weight is 297 g/mol. The molecular formula is C13H19N3O3S. The Labute approximate surface area is 121 Å². The van der Waals surface area contributed by atoms with E-state index in [2.05, 4.69) is 23.9 Å². The molecule has 1 aliphatic heterocycles. The molecule has 1 aromatic heterocycles. The van der Waals surface area contributed by atoms with Gasteiger partial charge in [0.25, 0.3) is 5.56 Å². The first kappa shape index (κ1) is 15.1. The molecule has 0 amide bonds. The number of rotatable bonds is 4. The Kier molecular flexibility index (Phi) is 4.82. The molecule has 0 radical (unpaired) electrons. The van der Waals surface area contributed by atoms with Gasteiger partial charge in [-0.2, -0.15) is 4.98 Å². The van der Waals surface area contributed by atoms with Crippen LogP contribution in [0.1, 0.15) is 19.4 Å². The topological polar surface area (TPSA) is 75.4 Å². The van der Waals surface area contributed by atoms with Gasteiger partial charge in [-0.1, -0.05) is 18.7 Å². The minimum Gasteiger partial charge on any atom is -0.481 e. The third-order valence-electron chi connectivity index (χ3n) is 3.55. The maximum Gasteiger partial charge on any atom is 0.313 e. The number of thioether (sulfide) groups is 1. The van der Waals surface area contributed by atoms with Crippen LogP contribution < -0.4 is 5.56 Å². The number of aliphatic carboxylic acids is 1. The van der Waals surface area contributed by atoms with Crippen molar-refractivity contribution in [2.75, 3.05) is 25.9 Å². The smallest absolute Gasteiger partial charge is 0.313 e. The van der Waals surface area contributed by atoms with E-state index in [0.29, 0.717) is 11.1 Å². The number of piperidine rings is 1. The van der Waals surface area contributed by atoms with Crippen molar-refractivity contribution >= 4 is 17.7 Å². The average Bonchev–Trinajstić information content (AvgIpc) is 2.37. The summed E-state index contributed by atoms with van der Waals surface area (Å²) in [6.07, 6.45) is 2.72. The van der Waals surface area contributed by atoms with Crippen LogP contribution in [0.4, 0.5) is 0 Å². The van der Waals surface area contributed by atoms with E-state index in [0.717, 1.165) is 31.3 Å². The Hall–Kier alpha value is -1.34. The zero-order valence-electron chi connectivity index (χ0n) is 11.7. The molecular weight excluding hydrogens is 278 g/mol. The predicted octanol–water partition coefficient (Wildman–Crippen LogP) is 0.933. The molecule has 2 rings (SSSR count). The monoisotopic (exact) mass is 297 g/mol. The summed E-state index contributed by atoms with van der Waals surface area (Å²) < 4.78 is 1.96. The second-order valence-corrected chi connectivity index (χ2v) is 6.18. The van der Waals surface area contributed by atoms with Crippen LogP contribution in [-0.2, 0) is 4.79 Å². The van der Waals surface area contributed by atoms with E-state index in [4.69, 9.17) is 5.11 Å². The Morgan fingerprint density at radius 2 is 2.35 bits per heavy atom. The lowest BCUT2D eigenvalue weighted by Crippen LogP contribution is -2.38. The van der Waals surface area contributed by atoms with E-state index in [1.807, 2.05) is 4.57 Å². The molecule has 2 atom stereocenters. The van der Waals surface area contributed by atoms with Crippen LogP contribution in [-0.4, -0.2) is 51.4 Å². The number of carbonyl (C=O) groups is 1. The summed E-state index contributed by atoms with van der Waals surface area (Å²) in [6, 6.07) is 1.70. The van der Waals surface area contributed by atoms with Crippen molar-refractivity contribution in [3.05, 3.63) is 22.6 Å². The van der Waals surface area contributed by atoms with Crippen molar-refractivity contribution in [3.63, 3.8) is 0 Å². The van der Waals surface area contributed by atoms with Crippen molar-refractivity contribution in [2.24, 2.45) is 5.92 Å².